The second kappa shape index (κ2) is 6.01. The first-order valence-corrected chi connectivity index (χ1v) is 6.40. The number of hydrogen-bond acceptors (Lipinski definition) is 2. The van der Waals surface area contributed by atoms with Crippen LogP contribution in [0.3, 0.4) is 0 Å². The molecule has 0 N–H and O–H groups in total. The van der Waals surface area contributed by atoms with Gasteiger partial charge >= 0.3 is 0 Å². The van der Waals surface area contributed by atoms with Crippen molar-refractivity contribution in [1.82, 2.24) is 0 Å². The Morgan fingerprint density at radius 2 is 2.27 bits per heavy atom. The van der Waals surface area contributed by atoms with E-state index in [9.17, 15) is 0 Å². The molecule has 1 rings (SSSR count). The molecule has 2 heteroatoms. The molecular formula is C9H16S2. The Balaban J connectivity index is 1.94. The maximum atomic E-state index is 2.33. The summed E-state index contributed by atoms with van der Waals surface area (Å²) in [6.45, 7) is 2.26. The zero-order valence-electron chi connectivity index (χ0n) is 7.14. The lowest BCUT2D eigenvalue weighted by Crippen LogP contribution is -1.77. The van der Waals surface area contributed by atoms with Gasteiger partial charge in [-0.05, 0) is 23.2 Å². The molecule has 0 amide bonds. The van der Waals surface area contributed by atoms with Gasteiger partial charge in [-0.3, -0.25) is 0 Å². The van der Waals surface area contributed by atoms with Crippen LogP contribution in [0.2, 0.25) is 0 Å². The third-order valence-electron chi connectivity index (χ3n) is 1.80. The monoisotopic (exact) mass is 188 g/mol. The molecule has 0 bridgehead atoms. The summed E-state index contributed by atoms with van der Waals surface area (Å²) in [5, 5.41) is 3.58. The van der Waals surface area contributed by atoms with Crippen LogP contribution in [0.15, 0.2) is 10.3 Å². The van der Waals surface area contributed by atoms with E-state index in [1.54, 1.807) is 4.91 Å². The van der Waals surface area contributed by atoms with Crippen molar-refractivity contribution < 1.29 is 0 Å². The van der Waals surface area contributed by atoms with Crippen LogP contribution in [0.25, 0.3) is 0 Å². The van der Waals surface area contributed by atoms with E-state index in [0.717, 1.165) is 0 Å². The van der Waals surface area contributed by atoms with Crippen molar-refractivity contribution >= 4 is 23.5 Å². The molecule has 0 atom stereocenters. The first-order chi connectivity index (χ1) is 5.43. The fourth-order valence-electron chi connectivity index (χ4n) is 1.13. The second-order valence-electron chi connectivity index (χ2n) is 2.82. The normalized spacial score (nSPS) is 17.0. The molecule has 0 aromatic carbocycles. The molecule has 1 heterocycles. The summed E-state index contributed by atoms with van der Waals surface area (Å²) in [4.78, 5) is 1.62. The van der Waals surface area contributed by atoms with Crippen LogP contribution in [0.1, 0.15) is 39.0 Å². The van der Waals surface area contributed by atoms with E-state index in [-0.39, 0.29) is 0 Å². The maximum Gasteiger partial charge on any atom is 0.0478 e. The Labute approximate surface area is 78.2 Å². The lowest BCUT2D eigenvalue weighted by molar-refractivity contribution is 0.672. The summed E-state index contributed by atoms with van der Waals surface area (Å²) in [6, 6.07) is 0. The molecular weight excluding hydrogens is 172 g/mol. The molecule has 0 spiro atoms. The van der Waals surface area contributed by atoms with Crippen LogP contribution in [-0.2, 0) is 0 Å². The molecule has 0 nitrogen and oxygen atoms in total. The molecule has 0 fully saturated rings. The SMILES string of the molecule is CCCCCCC1=CSCS1. The average Bonchev–Trinajstić information content (AvgIpc) is 2.50. The summed E-state index contributed by atoms with van der Waals surface area (Å²) < 4.78 is 0. The zero-order valence-corrected chi connectivity index (χ0v) is 8.77. The van der Waals surface area contributed by atoms with Crippen molar-refractivity contribution in [1.29, 1.82) is 0 Å². The standard InChI is InChI=1S/C9H16S2/c1-2-3-4-5-6-9-7-10-8-11-9/h7H,2-6,8H2,1H3. The minimum Gasteiger partial charge on any atom is -0.122 e. The van der Waals surface area contributed by atoms with Gasteiger partial charge in [0, 0.05) is 5.08 Å². The Morgan fingerprint density at radius 3 is 2.91 bits per heavy atom. The topological polar surface area (TPSA) is 0 Å². The van der Waals surface area contributed by atoms with Gasteiger partial charge in [0.05, 0.1) is 0 Å². The zero-order chi connectivity index (χ0) is 7.94. The number of unbranched alkanes of at least 4 members (excludes halogenated alkanes) is 3. The fraction of sp³-hybridized carbons (Fsp3) is 0.778. The van der Waals surface area contributed by atoms with E-state index in [1.165, 1.54) is 37.2 Å². The van der Waals surface area contributed by atoms with Gasteiger partial charge < -0.3 is 0 Å². The third-order valence-corrected chi connectivity index (χ3v) is 4.11. The van der Waals surface area contributed by atoms with Gasteiger partial charge in [0.1, 0.15) is 0 Å². The molecule has 0 saturated heterocycles. The van der Waals surface area contributed by atoms with E-state index in [0.29, 0.717) is 0 Å². The summed E-state index contributed by atoms with van der Waals surface area (Å²) in [5.41, 5.74) is 0. The maximum absolute atomic E-state index is 2.33. The van der Waals surface area contributed by atoms with E-state index in [1.807, 2.05) is 23.5 Å². The molecule has 1 aliphatic rings. The molecule has 0 radical (unpaired) electrons. The summed E-state index contributed by atoms with van der Waals surface area (Å²) in [6.07, 6.45) is 6.90. The first kappa shape index (κ1) is 9.53. The molecule has 0 unspecified atom stereocenters. The highest BCUT2D eigenvalue weighted by Crippen LogP contribution is 2.34. The largest absolute Gasteiger partial charge is 0.122 e. The highest BCUT2D eigenvalue weighted by molar-refractivity contribution is 8.22. The summed E-state index contributed by atoms with van der Waals surface area (Å²) in [7, 11) is 0. The Hall–Kier alpha value is 0.440. The van der Waals surface area contributed by atoms with Crippen LogP contribution < -0.4 is 0 Å². The molecule has 0 saturated carbocycles. The quantitative estimate of drug-likeness (QED) is 0.592. The molecule has 0 aliphatic carbocycles. The van der Waals surface area contributed by atoms with Gasteiger partial charge in [0.15, 0.2) is 0 Å². The molecule has 11 heavy (non-hydrogen) atoms. The van der Waals surface area contributed by atoms with Crippen LogP contribution in [0, 0.1) is 0 Å². The predicted molar refractivity (Wildman–Crippen MR) is 56.9 cm³/mol. The first-order valence-electron chi connectivity index (χ1n) is 4.37. The summed E-state index contributed by atoms with van der Waals surface area (Å²) >= 11 is 3.97. The number of allylic oxidation sites excluding steroid dienone is 1. The lowest BCUT2D eigenvalue weighted by Gasteiger charge is -1.98. The van der Waals surface area contributed by atoms with Crippen molar-refractivity contribution in [3.63, 3.8) is 0 Å². The summed E-state index contributed by atoms with van der Waals surface area (Å²) in [5.74, 6) is 0. The van der Waals surface area contributed by atoms with Crippen LogP contribution >= 0.6 is 23.5 Å². The van der Waals surface area contributed by atoms with E-state index >= 15 is 0 Å². The molecule has 1 aliphatic heterocycles. The number of thioether (sulfide) groups is 2. The van der Waals surface area contributed by atoms with E-state index < -0.39 is 0 Å². The Bertz CT molecular complexity index is 130. The van der Waals surface area contributed by atoms with E-state index in [4.69, 9.17) is 0 Å². The third kappa shape index (κ3) is 4.12. The van der Waals surface area contributed by atoms with Gasteiger partial charge in [-0.25, -0.2) is 0 Å². The highest BCUT2D eigenvalue weighted by atomic mass is 32.2. The van der Waals surface area contributed by atoms with Gasteiger partial charge in [-0.2, -0.15) is 0 Å². The van der Waals surface area contributed by atoms with Crippen molar-refractivity contribution in [2.45, 2.75) is 39.0 Å². The Morgan fingerprint density at radius 1 is 1.36 bits per heavy atom. The molecule has 0 aromatic heterocycles. The van der Waals surface area contributed by atoms with E-state index in [2.05, 4.69) is 12.3 Å². The van der Waals surface area contributed by atoms with Gasteiger partial charge in [-0.15, -0.1) is 23.5 Å². The minimum absolute atomic E-state index is 1.25. The smallest absolute Gasteiger partial charge is 0.0478 e. The Kier molecular flexibility index (Phi) is 5.21. The van der Waals surface area contributed by atoms with Crippen molar-refractivity contribution in [3.05, 3.63) is 10.3 Å². The van der Waals surface area contributed by atoms with Crippen molar-refractivity contribution in [3.8, 4) is 0 Å². The van der Waals surface area contributed by atoms with Gasteiger partial charge in [0.25, 0.3) is 0 Å². The van der Waals surface area contributed by atoms with Gasteiger partial charge in [-0.1, -0.05) is 26.2 Å². The fourth-order valence-corrected chi connectivity index (χ4v) is 3.35. The number of rotatable bonds is 5. The van der Waals surface area contributed by atoms with Crippen molar-refractivity contribution in [2.24, 2.45) is 0 Å². The second-order valence-corrected chi connectivity index (χ2v) is 5.15. The van der Waals surface area contributed by atoms with Crippen molar-refractivity contribution in [2.75, 3.05) is 5.08 Å². The lowest BCUT2D eigenvalue weighted by atomic mass is 10.1. The molecule has 64 valence electrons. The molecule has 0 aromatic rings. The number of hydrogen-bond donors (Lipinski definition) is 0. The van der Waals surface area contributed by atoms with Crippen LogP contribution in [0.5, 0.6) is 0 Å². The van der Waals surface area contributed by atoms with Crippen LogP contribution in [0.4, 0.5) is 0 Å². The van der Waals surface area contributed by atoms with Crippen LogP contribution in [-0.4, -0.2) is 5.08 Å². The average molecular weight is 188 g/mol. The van der Waals surface area contributed by atoms with Gasteiger partial charge in [0.2, 0.25) is 0 Å². The highest BCUT2D eigenvalue weighted by Gasteiger charge is 2.03. The predicted octanol–water partition coefficient (Wildman–Crippen LogP) is 4.24. The minimum atomic E-state index is 1.25.